The highest BCUT2D eigenvalue weighted by Crippen LogP contribution is 2.39. The minimum absolute atomic E-state index is 0.676. The van der Waals surface area contributed by atoms with E-state index >= 15 is 0 Å². The quantitative estimate of drug-likeness (QED) is 0.782. The Labute approximate surface area is 90.3 Å². The Hall–Kier alpha value is -0.500. The third-order valence-corrected chi connectivity index (χ3v) is 4.63. The van der Waals surface area contributed by atoms with Gasteiger partial charge in [0, 0.05) is 10.6 Å². The number of hydrogen-bond acceptors (Lipinski definition) is 2. The molecule has 1 fully saturated rings. The van der Waals surface area contributed by atoms with Crippen LogP contribution in [0.3, 0.4) is 0 Å². The van der Waals surface area contributed by atoms with Gasteiger partial charge in [-0.2, -0.15) is 0 Å². The molecule has 1 aliphatic rings. The summed E-state index contributed by atoms with van der Waals surface area (Å²) in [6.45, 7) is 2.35. The molecule has 2 N–H and O–H groups in total. The first-order valence-corrected chi connectivity index (χ1v) is 6.50. The molecule has 0 saturated heterocycles. The summed E-state index contributed by atoms with van der Waals surface area (Å²) in [4.78, 5) is 1.41. The molecule has 14 heavy (non-hydrogen) atoms. The van der Waals surface area contributed by atoms with E-state index in [2.05, 4.69) is 12.3 Å². The Morgan fingerprint density at radius 1 is 1.36 bits per heavy atom. The molecule has 0 amide bonds. The molecule has 0 unspecified atom stereocenters. The third-order valence-electron chi connectivity index (χ3n) is 3.50. The van der Waals surface area contributed by atoms with Crippen molar-refractivity contribution < 1.29 is 0 Å². The van der Waals surface area contributed by atoms with Gasteiger partial charge < -0.3 is 5.73 Å². The van der Waals surface area contributed by atoms with Crippen molar-refractivity contribution in [1.29, 1.82) is 0 Å². The van der Waals surface area contributed by atoms with Crippen molar-refractivity contribution in [2.75, 3.05) is 5.73 Å². The average Bonchev–Trinajstić information content (AvgIpc) is 2.65. The zero-order chi connectivity index (χ0) is 9.97. The van der Waals surface area contributed by atoms with Crippen molar-refractivity contribution in [1.82, 2.24) is 0 Å². The van der Waals surface area contributed by atoms with Crippen LogP contribution in [0.4, 0.5) is 5.69 Å². The van der Waals surface area contributed by atoms with Gasteiger partial charge in [-0.15, -0.1) is 11.3 Å². The van der Waals surface area contributed by atoms with Crippen molar-refractivity contribution >= 4 is 17.0 Å². The number of nitrogens with two attached hydrogens (primary N) is 1. The molecule has 1 heterocycles. The van der Waals surface area contributed by atoms with E-state index in [0.29, 0.717) is 5.92 Å². The fourth-order valence-electron chi connectivity index (χ4n) is 2.55. The second kappa shape index (κ2) is 4.35. The maximum Gasteiger partial charge on any atom is 0.0458 e. The molecular formula is C12H19NS. The summed E-state index contributed by atoms with van der Waals surface area (Å²) < 4.78 is 0. The van der Waals surface area contributed by atoms with E-state index in [1.54, 1.807) is 0 Å². The molecule has 2 heteroatoms. The number of rotatable bonds is 2. The van der Waals surface area contributed by atoms with Crippen LogP contribution in [0.1, 0.15) is 49.8 Å². The minimum atomic E-state index is 0.676. The summed E-state index contributed by atoms with van der Waals surface area (Å²) in [5.74, 6) is 1.56. The van der Waals surface area contributed by atoms with Gasteiger partial charge in [0.05, 0.1) is 0 Å². The monoisotopic (exact) mass is 209 g/mol. The Balaban J connectivity index is 2.07. The smallest absolute Gasteiger partial charge is 0.0458 e. The topological polar surface area (TPSA) is 26.0 Å². The molecule has 1 aromatic rings. The molecule has 0 bridgehead atoms. The summed E-state index contributed by atoms with van der Waals surface area (Å²) in [6, 6.07) is 2.04. The standard InChI is InChI=1S/C12H19NS/c1-9(10-5-3-2-4-6-10)12-11(13)7-8-14-12/h7-10H,2-6,13H2,1H3/t9-/m1/s1. The second-order valence-corrected chi connectivity index (χ2v) is 5.37. The Morgan fingerprint density at radius 3 is 2.64 bits per heavy atom. The van der Waals surface area contributed by atoms with Crippen LogP contribution >= 0.6 is 11.3 Å². The summed E-state index contributed by atoms with van der Waals surface area (Å²) in [7, 11) is 0. The number of anilines is 1. The highest BCUT2D eigenvalue weighted by molar-refractivity contribution is 7.10. The van der Waals surface area contributed by atoms with Crippen molar-refractivity contribution in [3.8, 4) is 0 Å². The molecule has 1 atom stereocenters. The van der Waals surface area contributed by atoms with Crippen molar-refractivity contribution in [2.24, 2.45) is 5.92 Å². The van der Waals surface area contributed by atoms with Crippen LogP contribution in [0, 0.1) is 5.92 Å². The maximum atomic E-state index is 5.96. The van der Waals surface area contributed by atoms with E-state index in [1.165, 1.54) is 37.0 Å². The van der Waals surface area contributed by atoms with Gasteiger partial charge in [0.15, 0.2) is 0 Å². The Morgan fingerprint density at radius 2 is 2.07 bits per heavy atom. The average molecular weight is 209 g/mol. The van der Waals surface area contributed by atoms with Gasteiger partial charge in [0.25, 0.3) is 0 Å². The van der Waals surface area contributed by atoms with Crippen LogP contribution in [0.15, 0.2) is 11.4 Å². The zero-order valence-corrected chi connectivity index (χ0v) is 9.65. The van der Waals surface area contributed by atoms with Gasteiger partial charge in [-0.25, -0.2) is 0 Å². The van der Waals surface area contributed by atoms with E-state index in [-0.39, 0.29) is 0 Å². The van der Waals surface area contributed by atoms with Crippen molar-refractivity contribution in [3.63, 3.8) is 0 Å². The van der Waals surface area contributed by atoms with Gasteiger partial charge in [-0.3, -0.25) is 0 Å². The molecule has 2 rings (SSSR count). The van der Waals surface area contributed by atoms with E-state index < -0.39 is 0 Å². The van der Waals surface area contributed by atoms with E-state index in [1.807, 2.05) is 17.4 Å². The highest BCUT2D eigenvalue weighted by atomic mass is 32.1. The molecule has 78 valence electrons. The van der Waals surface area contributed by atoms with Gasteiger partial charge in [0.1, 0.15) is 0 Å². The number of hydrogen-bond donors (Lipinski definition) is 1. The van der Waals surface area contributed by atoms with Crippen LogP contribution in [0.25, 0.3) is 0 Å². The van der Waals surface area contributed by atoms with Crippen LogP contribution in [-0.2, 0) is 0 Å². The highest BCUT2D eigenvalue weighted by Gasteiger charge is 2.23. The number of thiophene rings is 1. The summed E-state index contributed by atoms with van der Waals surface area (Å²) in [5.41, 5.74) is 6.97. The van der Waals surface area contributed by atoms with E-state index in [9.17, 15) is 0 Å². The SMILES string of the molecule is C[C@@H](c1sccc1N)C1CCCCC1. The summed E-state index contributed by atoms with van der Waals surface area (Å²) >= 11 is 1.83. The van der Waals surface area contributed by atoms with Crippen molar-refractivity contribution in [3.05, 3.63) is 16.3 Å². The molecule has 0 aromatic carbocycles. The molecule has 0 aliphatic heterocycles. The predicted octanol–water partition coefficient (Wildman–Crippen LogP) is 4.01. The molecule has 1 aromatic heterocycles. The van der Waals surface area contributed by atoms with Crippen LogP contribution in [0.2, 0.25) is 0 Å². The lowest BCUT2D eigenvalue weighted by Gasteiger charge is -2.27. The first-order valence-electron chi connectivity index (χ1n) is 5.62. The third kappa shape index (κ3) is 1.95. The lowest BCUT2D eigenvalue weighted by Crippen LogP contribution is -2.13. The summed E-state index contributed by atoms with van der Waals surface area (Å²) in [5, 5.41) is 2.12. The molecule has 1 saturated carbocycles. The molecule has 0 radical (unpaired) electrons. The zero-order valence-electron chi connectivity index (χ0n) is 8.83. The molecule has 1 nitrogen and oxygen atoms in total. The fourth-order valence-corrected chi connectivity index (χ4v) is 3.52. The Kier molecular flexibility index (Phi) is 3.12. The molecule has 1 aliphatic carbocycles. The molecule has 0 spiro atoms. The van der Waals surface area contributed by atoms with Gasteiger partial charge in [0.2, 0.25) is 0 Å². The van der Waals surface area contributed by atoms with Crippen LogP contribution < -0.4 is 5.73 Å². The van der Waals surface area contributed by atoms with Gasteiger partial charge >= 0.3 is 0 Å². The van der Waals surface area contributed by atoms with Crippen LogP contribution in [0.5, 0.6) is 0 Å². The second-order valence-electron chi connectivity index (χ2n) is 4.43. The lowest BCUT2D eigenvalue weighted by atomic mass is 9.80. The van der Waals surface area contributed by atoms with E-state index in [4.69, 9.17) is 5.73 Å². The first-order chi connectivity index (χ1) is 6.79. The predicted molar refractivity (Wildman–Crippen MR) is 63.7 cm³/mol. The largest absolute Gasteiger partial charge is 0.398 e. The summed E-state index contributed by atoms with van der Waals surface area (Å²) in [6.07, 6.45) is 7.07. The maximum absolute atomic E-state index is 5.96. The Bertz CT molecular complexity index is 286. The van der Waals surface area contributed by atoms with Gasteiger partial charge in [-0.05, 0) is 36.1 Å². The molecular weight excluding hydrogens is 190 g/mol. The number of nitrogen functional groups attached to an aromatic ring is 1. The van der Waals surface area contributed by atoms with Crippen LogP contribution in [-0.4, -0.2) is 0 Å². The lowest BCUT2D eigenvalue weighted by molar-refractivity contribution is 0.319. The first kappa shape index (κ1) is 10.0. The van der Waals surface area contributed by atoms with Crippen molar-refractivity contribution in [2.45, 2.75) is 44.9 Å². The van der Waals surface area contributed by atoms with E-state index in [0.717, 1.165) is 11.6 Å². The van der Waals surface area contributed by atoms with Gasteiger partial charge in [-0.1, -0.05) is 26.2 Å². The minimum Gasteiger partial charge on any atom is -0.398 e. The fraction of sp³-hybridized carbons (Fsp3) is 0.667. The normalized spacial score (nSPS) is 20.9.